The van der Waals surface area contributed by atoms with Gasteiger partial charge in [-0.2, -0.15) is 0 Å². The van der Waals surface area contributed by atoms with Gasteiger partial charge in [0.1, 0.15) is 6.04 Å². The van der Waals surface area contributed by atoms with Gasteiger partial charge in [-0.05, 0) is 36.8 Å². The van der Waals surface area contributed by atoms with Gasteiger partial charge in [0, 0.05) is 36.2 Å². The van der Waals surface area contributed by atoms with Crippen molar-refractivity contribution < 1.29 is 13.9 Å². The van der Waals surface area contributed by atoms with Gasteiger partial charge >= 0.3 is 6.09 Å². The first-order chi connectivity index (χ1) is 14.7. The van der Waals surface area contributed by atoms with Crippen LogP contribution in [-0.4, -0.2) is 58.9 Å². The van der Waals surface area contributed by atoms with E-state index in [2.05, 4.69) is 43.2 Å². The average molecular weight is 471 g/mol. The van der Waals surface area contributed by atoms with Crippen molar-refractivity contribution >= 4 is 22.0 Å². The predicted octanol–water partition coefficient (Wildman–Crippen LogP) is 4.36. The van der Waals surface area contributed by atoms with Crippen LogP contribution >= 0.6 is 15.9 Å². The number of aromatic nitrogens is 2. The molecule has 0 spiro atoms. The Morgan fingerprint density at radius 2 is 1.77 bits per heavy atom. The van der Waals surface area contributed by atoms with Gasteiger partial charge in [-0.1, -0.05) is 46.3 Å². The van der Waals surface area contributed by atoms with Crippen molar-refractivity contribution in [3.8, 4) is 11.5 Å². The zero-order chi connectivity index (χ0) is 20.9. The summed E-state index contributed by atoms with van der Waals surface area (Å²) in [6, 6.07) is 17.7. The molecule has 0 saturated carbocycles. The number of nitrogens with zero attached hydrogens (tertiary/aromatic N) is 4. The summed E-state index contributed by atoms with van der Waals surface area (Å²) in [7, 11) is 0. The number of carbonyl (C=O) groups excluding carboxylic acids is 1. The van der Waals surface area contributed by atoms with Gasteiger partial charge < -0.3 is 14.1 Å². The predicted molar refractivity (Wildman–Crippen MR) is 116 cm³/mol. The highest BCUT2D eigenvalue weighted by Gasteiger charge is 2.32. The molecule has 0 bridgehead atoms. The van der Waals surface area contributed by atoms with E-state index in [1.165, 1.54) is 0 Å². The van der Waals surface area contributed by atoms with Crippen LogP contribution in [0.2, 0.25) is 0 Å². The summed E-state index contributed by atoms with van der Waals surface area (Å²) in [5, 5.41) is 8.65. The van der Waals surface area contributed by atoms with E-state index in [0.29, 0.717) is 44.6 Å². The molecule has 1 saturated heterocycles. The molecule has 156 valence electrons. The van der Waals surface area contributed by atoms with E-state index in [1.807, 2.05) is 49.4 Å². The number of rotatable bonds is 5. The second-order valence-corrected chi connectivity index (χ2v) is 7.90. The van der Waals surface area contributed by atoms with E-state index in [-0.39, 0.29) is 12.1 Å². The van der Waals surface area contributed by atoms with Crippen LogP contribution < -0.4 is 0 Å². The smallest absolute Gasteiger partial charge is 0.409 e. The van der Waals surface area contributed by atoms with E-state index in [4.69, 9.17) is 9.15 Å². The summed E-state index contributed by atoms with van der Waals surface area (Å²) in [6.07, 6.45) is -0.263. The first-order valence-corrected chi connectivity index (χ1v) is 10.7. The van der Waals surface area contributed by atoms with E-state index in [9.17, 15) is 4.79 Å². The average Bonchev–Trinajstić information content (AvgIpc) is 3.26. The van der Waals surface area contributed by atoms with E-state index in [0.717, 1.165) is 15.6 Å². The number of ether oxygens (including phenoxy) is 1. The summed E-state index contributed by atoms with van der Waals surface area (Å²) in [5.41, 5.74) is 1.95. The molecular formula is C22H23BrN4O3. The van der Waals surface area contributed by atoms with Crippen LogP contribution in [0.5, 0.6) is 0 Å². The molecule has 1 aliphatic heterocycles. The Hall–Kier alpha value is -2.71. The second kappa shape index (κ2) is 9.40. The highest BCUT2D eigenvalue weighted by atomic mass is 79.9. The molecule has 1 atom stereocenters. The second-order valence-electron chi connectivity index (χ2n) is 6.99. The van der Waals surface area contributed by atoms with Crippen LogP contribution in [0.15, 0.2) is 63.5 Å². The van der Waals surface area contributed by atoms with E-state index in [1.54, 1.807) is 4.90 Å². The minimum Gasteiger partial charge on any atom is -0.450 e. The Labute approximate surface area is 183 Å². The first-order valence-electron chi connectivity index (χ1n) is 9.95. The Kier molecular flexibility index (Phi) is 6.44. The van der Waals surface area contributed by atoms with Gasteiger partial charge in [0.15, 0.2) is 0 Å². The SMILES string of the molecule is CCOC(=O)N1CCN([C@@H](c2ccc(Br)cc2)c2nnc(-c3ccccc3)o2)CC1. The maximum Gasteiger partial charge on any atom is 0.409 e. The van der Waals surface area contributed by atoms with Crippen LogP contribution in [-0.2, 0) is 4.74 Å². The molecule has 0 unspecified atom stereocenters. The third-order valence-electron chi connectivity index (χ3n) is 5.09. The number of halogens is 1. The third kappa shape index (κ3) is 4.55. The maximum atomic E-state index is 12.1. The molecule has 0 radical (unpaired) electrons. The van der Waals surface area contributed by atoms with Crippen LogP contribution in [0.1, 0.15) is 24.4 Å². The molecule has 1 fully saturated rings. The van der Waals surface area contributed by atoms with Crippen molar-refractivity contribution in [1.29, 1.82) is 0 Å². The molecule has 0 N–H and O–H groups in total. The van der Waals surface area contributed by atoms with Gasteiger partial charge in [-0.15, -0.1) is 10.2 Å². The van der Waals surface area contributed by atoms with Crippen molar-refractivity contribution in [3.63, 3.8) is 0 Å². The van der Waals surface area contributed by atoms with Crippen molar-refractivity contribution in [2.75, 3.05) is 32.8 Å². The highest BCUT2D eigenvalue weighted by Crippen LogP contribution is 2.31. The molecule has 0 aliphatic carbocycles. The van der Waals surface area contributed by atoms with Crippen LogP contribution in [0, 0.1) is 0 Å². The monoisotopic (exact) mass is 470 g/mol. The zero-order valence-electron chi connectivity index (χ0n) is 16.7. The van der Waals surface area contributed by atoms with E-state index < -0.39 is 0 Å². The number of hydrogen-bond donors (Lipinski definition) is 0. The highest BCUT2D eigenvalue weighted by molar-refractivity contribution is 9.10. The molecular weight excluding hydrogens is 448 g/mol. The molecule has 1 aliphatic rings. The Balaban J connectivity index is 1.59. The van der Waals surface area contributed by atoms with Crippen molar-refractivity contribution in [3.05, 3.63) is 70.5 Å². The normalized spacial score (nSPS) is 15.7. The molecule has 2 aromatic carbocycles. The number of amides is 1. The zero-order valence-corrected chi connectivity index (χ0v) is 18.3. The quantitative estimate of drug-likeness (QED) is 0.551. The standard InChI is InChI=1S/C22H23BrN4O3/c1-2-29-22(28)27-14-12-26(13-15-27)19(16-8-10-18(23)11-9-16)21-25-24-20(30-21)17-6-4-3-5-7-17/h3-11,19H,2,12-15H2,1H3/t19-/m0/s1. The van der Waals surface area contributed by atoms with Crippen LogP contribution in [0.3, 0.4) is 0 Å². The number of piperazine rings is 1. The lowest BCUT2D eigenvalue weighted by Crippen LogP contribution is -2.50. The molecule has 1 aromatic heterocycles. The summed E-state index contributed by atoms with van der Waals surface area (Å²) in [6.45, 7) is 4.74. The molecule has 3 aromatic rings. The van der Waals surface area contributed by atoms with Crippen LogP contribution in [0.4, 0.5) is 4.79 Å². The maximum absolute atomic E-state index is 12.1. The molecule has 1 amide bonds. The molecule has 30 heavy (non-hydrogen) atoms. The lowest BCUT2D eigenvalue weighted by atomic mass is 10.0. The first kappa shape index (κ1) is 20.6. The van der Waals surface area contributed by atoms with Gasteiger partial charge in [-0.3, -0.25) is 4.90 Å². The van der Waals surface area contributed by atoms with Crippen molar-refractivity contribution in [2.45, 2.75) is 13.0 Å². The molecule has 7 nitrogen and oxygen atoms in total. The Morgan fingerprint density at radius 3 is 2.43 bits per heavy atom. The van der Waals surface area contributed by atoms with Crippen molar-refractivity contribution in [1.82, 2.24) is 20.0 Å². The topological polar surface area (TPSA) is 71.7 Å². The molecule has 4 rings (SSSR count). The summed E-state index contributed by atoms with van der Waals surface area (Å²) in [4.78, 5) is 16.1. The number of hydrogen-bond acceptors (Lipinski definition) is 6. The lowest BCUT2D eigenvalue weighted by Gasteiger charge is -2.37. The Bertz CT molecular complexity index is 970. The van der Waals surface area contributed by atoms with Gasteiger partial charge in [0.2, 0.25) is 11.8 Å². The van der Waals surface area contributed by atoms with Crippen molar-refractivity contribution in [2.24, 2.45) is 0 Å². The number of benzene rings is 2. The fourth-order valence-electron chi connectivity index (χ4n) is 3.57. The fourth-order valence-corrected chi connectivity index (χ4v) is 3.84. The fraction of sp³-hybridized carbons (Fsp3) is 0.318. The van der Waals surface area contributed by atoms with E-state index >= 15 is 0 Å². The summed E-state index contributed by atoms with van der Waals surface area (Å²) in [5.74, 6) is 1.04. The summed E-state index contributed by atoms with van der Waals surface area (Å²) >= 11 is 3.50. The van der Waals surface area contributed by atoms with Gasteiger partial charge in [0.05, 0.1) is 6.61 Å². The van der Waals surface area contributed by atoms with Gasteiger partial charge in [-0.25, -0.2) is 4.79 Å². The third-order valence-corrected chi connectivity index (χ3v) is 5.62. The largest absolute Gasteiger partial charge is 0.450 e. The van der Waals surface area contributed by atoms with Crippen LogP contribution in [0.25, 0.3) is 11.5 Å². The Morgan fingerprint density at radius 1 is 1.07 bits per heavy atom. The molecule has 2 heterocycles. The minimum atomic E-state index is -0.263. The summed E-state index contributed by atoms with van der Waals surface area (Å²) < 4.78 is 12.2. The van der Waals surface area contributed by atoms with Gasteiger partial charge in [0.25, 0.3) is 0 Å². The molecule has 8 heteroatoms. The minimum absolute atomic E-state index is 0.188. The lowest BCUT2D eigenvalue weighted by molar-refractivity contribution is 0.0678. The number of carbonyl (C=O) groups is 1.